The van der Waals surface area contributed by atoms with Gasteiger partial charge in [0.1, 0.15) is 0 Å². The number of carboxylic acids is 2. The van der Waals surface area contributed by atoms with E-state index in [0.29, 0.717) is 12.0 Å². The molecular formula is C21H32ClNO5S. The van der Waals surface area contributed by atoms with Gasteiger partial charge in [0.2, 0.25) is 0 Å². The number of hydrogen-bond donors (Lipinski definition) is 2. The monoisotopic (exact) mass is 445 g/mol. The topological polar surface area (TPSA) is 87.1 Å². The van der Waals surface area contributed by atoms with Crippen molar-refractivity contribution in [2.45, 2.75) is 50.0 Å². The van der Waals surface area contributed by atoms with Gasteiger partial charge < -0.3 is 19.8 Å². The van der Waals surface area contributed by atoms with Gasteiger partial charge >= 0.3 is 11.9 Å². The molecule has 1 fully saturated rings. The van der Waals surface area contributed by atoms with E-state index in [4.69, 9.17) is 36.1 Å². The number of unbranched alkanes of at least 4 members (excludes halogenated alkanes) is 2. The first kappa shape index (κ1) is 25.8. The minimum Gasteiger partial charge on any atom is -0.473 e. The molecule has 1 aromatic carbocycles. The normalized spacial score (nSPS) is 19.3. The molecular weight excluding hydrogens is 414 g/mol. The molecule has 29 heavy (non-hydrogen) atoms. The van der Waals surface area contributed by atoms with Gasteiger partial charge in [-0.15, -0.1) is 11.8 Å². The molecule has 0 bridgehead atoms. The molecule has 0 saturated carbocycles. The van der Waals surface area contributed by atoms with Crippen molar-refractivity contribution in [1.82, 2.24) is 4.90 Å². The Morgan fingerprint density at radius 2 is 2.00 bits per heavy atom. The zero-order chi connectivity index (χ0) is 21.6. The van der Waals surface area contributed by atoms with Crippen molar-refractivity contribution in [2.24, 2.45) is 5.92 Å². The molecule has 8 heteroatoms. The van der Waals surface area contributed by atoms with Gasteiger partial charge in [-0.2, -0.15) is 0 Å². The van der Waals surface area contributed by atoms with E-state index in [1.165, 1.54) is 50.1 Å². The lowest BCUT2D eigenvalue weighted by molar-refractivity contribution is -0.159. The second kappa shape index (κ2) is 14.7. The summed E-state index contributed by atoms with van der Waals surface area (Å²) in [6.07, 6.45) is 6.84. The SMILES string of the molecule is CCCCCN1CC[C@@H](CCSc2cccc(Cl)c2)[C@@H](OC)C1.O=C(O)C(=O)O. The predicted molar refractivity (Wildman–Crippen MR) is 117 cm³/mol. The zero-order valence-electron chi connectivity index (χ0n) is 17.2. The Labute approximate surface area is 182 Å². The zero-order valence-corrected chi connectivity index (χ0v) is 18.8. The summed E-state index contributed by atoms with van der Waals surface area (Å²) in [5, 5.41) is 15.6. The van der Waals surface area contributed by atoms with E-state index < -0.39 is 11.9 Å². The maximum atomic E-state index is 9.10. The molecule has 1 aliphatic rings. The van der Waals surface area contributed by atoms with E-state index in [1.807, 2.05) is 31.0 Å². The molecule has 1 aromatic rings. The van der Waals surface area contributed by atoms with Gasteiger partial charge in [-0.1, -0.05) is 37.4 Å². The number of hydrogen-bond acceptors (Lipinski definition) is 5. The van der Waals surface area contributed by atoms with Crippen molar-refractivity contribution in [1.29, 1.82) is 0 Å². The maximum absolute atomic E-state index is 9.10. The third kappa shape index (κ3) is 10.9. The highest BCUT2D eigenvalue weighted by Gasteiger charge is 2.28. The number of piperidine rings is 1. The largest absolute Gasteiger partial charge is 0.473 e. The molecule has 164 valence electrons. The number of halogens is 1. The van der Waals surface area contributed by atoms with Crippen molar-refractivity contribution in [3.63, 3.8) is 0 Å². The van der Waals surface area contributed by atoms with E-state index in [0.717, 1.165) is 17.3 Å². The smallest absolute Gasteiger partial charge is 0.414 e. The summed E-state index contributed by atoms with van der Waals surface area (Å²) in [6, 6.07) is 8.15. The quantitative estimate of drug-likeness (QED) is 0.328. The molecule has 0 unspecified atom stereocenters. The number of thioether (sulfide) groups is 1. The highest BCUT2D eigenvalue weighted by atomic mass is 35.5. The third-order valence-corrected chi connectivity index (χ3v) is 6.16. The molecule has 0 radical (unpaired) electrons. The summed E-state index contributed by atoms with van der Waals surface area (Å²) in [5.41, 5.74) is 0. The molecule has 0 spiro atoms. The average molecular weight is 446 g/mol. The van der Waals surface area contributed by atoms with Crippen LogP contribution in [0.4, 0.5) is 0 Å². The summed E-state index contributed by atoms with van der Waals surface area (Å²) < 4.78 is 5.79. The first-order valence-corrected chi connectivity index (χ1v) is 11.3. The van der Waals surface area contributed by atoms with E-state index >= 15 is 0 Å². The second-order valence-electron chi connectivity index (χ2n) is 7.04. The summed E-state index contributed by atoms with van der Waals surface area (Å²) in [5.74, 6) is -1.82. The predicted octanol–water partition coefficient (Wildman–Crippen LogP) is 4.50. The van der Waals surface area contributed by atoms with E-state index in [1.54, 1.807) is 0 Å². The summed E-state index contributed by atoms with van der Waals surface area (Å²) in [4.78, 5) is 22.1. The van der Waals surface area contributed by atoms with Gasteiger partial charge in [-0.3, -0.25) is 0 Å². The fourth-order valence-electron chi connectivity index (χ4n) is 3.30. The lowest BCUT2D eigenvalue weighted by Crippen LogP contribution is -2.45. The van der Waals surface area contributed by atoms with Gasteiger partial charge in [-0.25, -0.2) is 9.59 Å². The molecule has 2 atom stereocenters. The molecule has 6 nitrogen and oxygen atoms in total. The van der Waals surface area contributed by atoms with Crippen molar-refractivity contribution in [2.75, 3.05) is 32.5 Å². The van der Waals surface area contributed by atoms with Crippen molar-refractivity contribution in [3.8, 4) is 0 Å². The molecule has 1 aliphatic heterocycles. The van der Waals surface area contributed by atoms with Gasteiger partial charge in [-0.05, 0) is 62.2 Å². The van der Waals surface area contributed by atoms with Crippen LogP contribution >= 0.6 is 23.4 Å². The highest BCUT2D eigenvalue weighted by Crippen LogP contribution is 2.28. The van der Waals surface area contributed by atoms with Crippen LogP contribution in [0.3, 0.4) is 0 Å². The molecule has 2 N–H and O–H groups in total. The lowest BCUT2D eigenvalue weighted by Gasteiger charge is -2.38. The Morgan fingerprint density at radius 3 is 2.59 bits per heavy atom. The molecule has 1 saturated heterocycles. The number of aliphatic carboxylic acids is 2. The van der Waals surface area contributed by atoms with E-state index in [2.05, 4.69) is 24.0 Å². The maximum Gasteiger partial charge on any atom is 0.414 e. The standard InChI is InChI=1S/C19H30ClNOS.C2H2O4/c1-3-4-5-11-21-12-9-16(19(15-21)22-2)10-13-23-18-8-6-7-17(20)14-18;3-1(4)2(5)6/h6-8,14,16,19H,3-5,9-13,15H2,1-2H3;(H,3,4)(H,5,6)/t16-,19-;/m0./s1. The molecule has 0 amide bonds. The van der Waals surface area contributed by atoms with Crippen LogP contribution in [0.5, 0.6) is 0 Å². The van der Waals surface area contributed by atoms with E-state index in [-0.39, 0.29) is 0 Å². The first-order chi connectivity index (χ1) is 13.9. The van der Waals surface area contributed by atoms with Gasteiger partial charge in [0.05, 0.1) is 6.10 Å². The van der Waals surface area contributed by atoms with Crippen LogP contribution in [0.15, 0.2) is 29.2 Å². The average Bonchev–Trinajstić information content (AvgIpc) is 2.69. The van der Waals surface area contributed by atoms with Crippen molar-refractivity contribution < 1.29 is 24.5 Å². The van der Waals surface area contributed by atoms with Gasteiger partial charge in [0.25, 0.3) is 0 Å². The Kier molecular flexibility index (Phi) is 13.0. The number of nitrogens with zero attached hydrogens (tertiary/aromatic N) is 1. The summed E-state index contributed by atoms with van der Waals surface area (Å²) >= 11 is 7.95. The van der Waals surface area contributed by atoms with Crippen LogP contribution in [0.2, 0.25) is 5.02 Å². The highest BCUT2D eigenvalue weighted by molar-refractivity contribution is 7.99. The van der Waals surface area contributed by atoms with Crippen LogP contribution in [-0.4, -0.2) is 65.7 Å². The van der Waals surface area contributed by atoms with Crippen molar-refractivity contribution >= 4 is 35.3 Å². The fraction of sp³-hybridized carbons (Fsp3) is 0.619. The second-order valence-corrected chi connectivity index (χ2v) is 8.64. The van der Waals surface area contributed by atoms with Crippen LogP contribution in [-0.2, 0) is 14.3 Å². The minimum absolute atomic E-state index is 0.394. The minimum atomic E-state index is -1.82. The first-order valence-electron chi connectivity index (χ1n) is 9.97. The van der Waals surface area contributed by atoms with Crippen molar-refractivity contribution in [3.05, 3.63) is 29.3 Å². The number of likely N-dealkylation sites (tertiary alicyclic amines) is 1. The van der Waals surface area contributed by atoms with E-state index in [9.17, 15) is 0 Å². The van der Waals surface area contributed by atoms with Gasteiger partial charge in [0, 0.05) is 23.6 Å². The third-order valence-electron chi connectivity index (χ3n) is 4.90. The van der Waals surface area contributed by atoms with Crippen LogP contribution < -0.4 is 0 Å². The number of rotatable bonds is 9. The summed E-state index contributed by atoms with van der Waals surface area (Å²) in [6.45, 7) is 5.84. The lowest BCUT2D eigenvalue weighted by atomic mass is 9.91. The Morgan fingerprint density at radius 1 is 1.28 bits per heavy atom. The number of benzene rings is 1. The van der Waals surface area contributed by atoms with Crippen LogP contribution in [0.1, 0.15) is 39.0 Å². The molecule has 0 aliphatic carbocycles. The van der Waals surface area contributed by atoms with Crippen LogP contribution in [0.25, 0.3) is 0 Å². The Balaban J connectivity index is 0.000000612. The number of ether oxygens (including phenoxy) is 1. The van der Waals surface area contributed by atoms with Crippen LogP contribution in [0, 0.1) is 5.92 Å². The summed E-state index contributed by atoms with van der Waals surface area (Å²) in [7, 11) is 1.87. The number of carboxylic acid groups (broad SMARTS) is 2. The Bertz CT molecular complexity index is 619. The number of carbonyl (C=O) groups is 2. The fourth-order valence-corrected chi connectivity index (χ4v) is 4.60. The molecule has 0 aromatic heterocycles. The number of methoxy groups -OCH3 is 1. The Hall–Kier alpha value is -1.28. The molecule has 1 heterocycles. The van der Waals surface area contributed by atoms with Gasteiger partial charge in [0.15, 0.2) is 0 Å². The molecule has 2 rings (SSSR count).